The first kappa shape index (κ1) is 11.4. The summed E-state index contributed by atoms with van der Waals surface area (Å²) in [5, 5.41) is 0. The van der Waals surface area contributed by atoms with Crippen molar-refractivity contribution >= 4 is 5.69 Å². The molecule has 17 heavy (non-hydrogen) atoms. The van der Waals surface area contributed by atoms with Gasteiger partial charge in [0.25, 0.3) is 0 Å². The van der Waals surface area contributed by atoms with E-state index in [1.807, 2.05) is 0 Å². The molecule has 2 nitrogen and oxygen atoms in total. The molecule has 0 saturated carbocycles. The molecule has 0 aromatic heterocycles. The summed E-state index contributed by atoms with van der Waals surface area (Å²) in [6.45, 7) is -0.0577. The average Bonchev–Trinajstić information content (AvgIpc) is 2.33. The van der Waals surface area contributed by atoms with Crippen LogP contribution in [-0.2, 0) is 6.61 Å². The minimum Gasteiger partial charge on any atom is -0.486 e. The van der Waals surface area contributed by atoms with Gasteiger partial charge in [0.05, 0.1) is 5.69 Å². The van der Waals surface area contributed by atoms with Crippen molar-refractivity contribution < 1.29 is 13.5 Å². The number of hydrogen-bond acceptors (Lipinski definition) is 2. The first-order chi connectivity index (χ1) is 8.18. The summed E-state index contributed by atoms with van der Waals surface area (Å²) in [4.78, 5) is 0. The number of para-hydroxylation sites is 1. The van der Waals surface area contributed by atoms with E-state index in [-0.39, 0.29) is 18.0 Å². The highest BCUT2D eigenvalue weighted by atomic mass is 19.1. The standard InChI is InChI=1S/C13H11F2NO/c14-10-5-1-2-7-12(10)17-8-9-4-3-6-11(16)13(9)15/h1-7H,8,16H2. The Bertz CT molecular complexity index is 529. The van der Waals surface area contributed by atoms with Gasteiger partial charge in [-0.15, -0.1) is 0 Å². The Morgan fingerprint density at radius 3 is 2.53 bits per heavy atom. The van der Waals surface area contributed by atoms with Crippen molar-refractivity contribution in [3.63, 3.8) is 0 Å². The number of ether oxygens (including phenoxy) is 1. The second-order valence-corrected chi connectivity index (χ2v) is 3.54. The smallest absolute Gasteiger partial charge is 0.165 e. The molecular weight excluding hydrogens is 224 g/mol. The Morgan fingerprint density at radius 2 is 1.76 bits per heavy atom. The van der Waals surface area contributed by atoms with Gasteiger partial charge < -0.3 is 10.5 Å². The Kier molecular flexibility index (Phi) is 3.23. The lowest BCUT2D eigenvalue weighted by molar-refractivity contribution is 0.285. The van der Waals surface area contributed by atoms with Gasteiger partial charge in [0.15, 0.2) is 17.4 Å². The molecule has 2 aromatic carbocycles. The van der Waals surface area contributed by atoms with E-state index in [4.69, 9.17) is 10.5 Å². The van der Waals surface area contributed by atoms with E-state index < -0.39 is 11.6 Å². The molecule has 0 aliphatic heterocycles. The fraction of sp³-hybridized carbons (Fsp3) is 0.0769. The Balaban J connectivity index is 2.13. The van der Waals surface area contributed by atoms with Crippen molar-refractivity contribution in [2.45, 2.75) is 6.61 Å². The highest BCUT2D eigenvalue weighted by Crippen LogP contribution is 2.20. The molecule has 4 heteroatoms. The molecule has 0 aliphatic carbocycles. The van der Waals surface area contributed by atoms with Crippen LogP contribution in [0.1, 0.15) is 5.56 Å². The highest BCUT2D eigenvalue weighted by Gasteiger charge is 2.07. The molecular formula is C13H11F2NO. The van der Waals surface area contributed by atoms with Gasteiger partial charge in [-0.2, -0.15) is 0 Å². The molecule has 88 valence electrons. The number of hydrogen-bond donors (Lipinski definition) is 1. The average molecular weight is 235 g/mol. The minimum atomic E-state index is -0.524. The molecule has 2 N–H and O–H groups in total. The van der Waals surface area contributed by atoms with Gasteiger partial charge in [0.2, 0.25) is 0 Å². The molecule has 0 spiro atoms. The number of nitrogens with two attached hydrogens (primary N) is 1. The van der Waals surface area contributed by atoms with Crippen LogP contribution >= 0.6 is 0 Å². The summed E-state index contributed by atoms with van der Waals surface area (Å²) >= 11 is 0. The maximum absolute atomic E-state index is 13.5. The van der Waals surface area contributed by atoms with E-state index in [1.54, 1.807) is 24.3 Å². The molecule has 0 amide bonds. The fourth-order valence-electron chi connectivity index (χ4n) is 1.43. The van der Waals surface area contributed by atoms with Crippen LogP contribution in [-0.4, -0.2) is 0 Å². The number of anilines is 1. The topological polar surface area (TPSA) is 35.2 Å². The lowest BCUT2D eigenvalue weighted by Crippen LogP contribution is -2.02. The normalized spacial score (nSPS) is 10.2. The number of benzene rings is 2. The van der Waals surface area contributed by atoms with Gasteiger partial charge in [-0.05, 0) is 18.2 Å². The van der Waals surface area contributed by atoms with Gasteiger partial charge in [0.1, 0.15) is 6.61 Å². The number of nitrogen functional groups attached to an aromatic ring is 1. The third-order valence-corrected chi connectivity index (χ3v) is 2.33. The lowest BCUT2D eigenvalue weighted by atomic mass is 10.2. The van der Waals surface area contributed by atoms with E-state index >= 15 is 0 Å². The molecule has 0 heterocycles. The fourth-order valence-corrected chi connectivity index (χ4v) is 1.43. The molecule has 0 radical (unpaired) electrons. The predicted molar refractivity (Wildman–Crippen MR) is 61.5 cm³/mol. The Labute approximate surface area is 97.6 Å². The first-order valence-corrected chi connectivity index (χ1v) is 5.08. The van der Waals surface area contributed by atoms with E-state index in [0.29, 0.717) is 5.56 Å². The molecule has 2 aromatic rings. The number of rotatable bonds is 3. The second kappa shape index (κ2) is 4.82. The van der Waals surface area contributed by atoms with Crippen molar-refractivity contribution in [2.75, 3.05) is 5.73 Å². The van der Waals surface area contributed by atoms with Crippen LogP contribution in [0.2, 0.25) is 0 Å². The van der Waals surface area contributed by atoms with E-state index in [1.165, 1.54) is 18.2 Å². The molecule has 0 saturated heterocycles. The molecule has 0 aliphatic rings. The Morgan fingerprint density at radius 1 is 1.00 bits per heavy atom. The summed E-state index contributed by atoms with van der Waals surface area (Å²) in [6.07, 6.45) is 0. The summed E-state index contributed by atoms with van der Waals surface area (Å²) < 4.78 is 31.9. The van der Waals surface area contributed by atoms with Crippen molar-refractivity contribution in [1.82, 2.24) is 0 Å². The third-order valence-electron chi connectivity index (χ3n) is 2.33. The number of halogens is 2. The van der Waals surface area contributed by atoms with Crippen LogP contribution in [0.5, 0.6) is 5.75 Å². The van der Waals surface area contributed by atoms with Gasteiger partial charge in [0, 0.05) is 5.56 Å². The van der Waals surface area contributed by atoms with Gasteiger partial charge in [-0.3, -0.25) is 0 Å². The first-order valence-electron chi connectivity index (χ1n) is 5.08. The van der Waals surface area contributed by atoms with Crippen molar-refractivity contribution in [3.05, 3.63) is 59.7 Å². The van der Waals surface area contributed by atoms with E-state index in [2.05, 4.69) is 0 Å². The summed E-state index contributed by atoms with van der Waals surface area (Å²) in [5.74, 6) is -0.907. The minimum absolute atomic E-state index is 0.0552. The molecule has 2 rings (SSSR count). The largest absolute Gasteiger partial charge is 0.486 e. The van der Waals surface area contributed by atoms with Crippen molar-refractivity contribution in [3.8, 4) is 5.75 Å². The SMILES string of the molecule is Nc1cccc(COc2ccccc2F)c1F. The van der Waals surface area contributed by atoms with Gasteiger partial charge in [-0.1, -0.05) is 24.3 Å². The van der Waals surface area contributed by atoms with Crippen LogP contribution in [0.15, 0.2) is 42.5 Å². The van der Waals surface area contributed by atoms with Crippen LogP contribution in [0, 0.1) is 11.6 Å². The van der Waals surface area contributed by atoms with Gasteiger partial charge >= 0.3 is 0 Å². The summed E-state index contributed by atoms with van der Waals surface area (Å²) in [7, 11) is 0. The highest BCUT2D eigenvalue weighted by molar-refractivity contribution is 5.42. The Hall–Kier alpha value is -2.10. The van der Waals surface area contributed by atoms with Crippen molar-refractivity contribution in [2.24, 2.45) is 0 Å². The molecule has 0 atom stereocenters. The predicted octanol–water partition coefficient (Wildman–Crippen LogP) is 3.13. The maximum atomic E-state index is 13.5. The summed E-state index contributed by atoms with van der Waals surface area (Å²) in [5.41, 5.74) is 5.77. The third kappa shape index (κ3) is 2.53. The van der Waals surface area contributed by atoms with Gasteiger partial charge in [-0.25, -0.2) is 8.78 Å². The van der Waals surface area contributed by atoms with Crippen LogP contribution in [0.3, 0.4) is 0 Å². The zero-order chi connectivity index (χ0) is 12.3. The summed E-state index contributed by atoms with van der Waals surface area (Å²) in [6, 6.07) is 10.6. The molecule has 0 unspecified atom stereocenters. The van der Waals surface area contributed by atoms with Crippen LogP contribution < -0.4 is 10.5 Å². The maximum Gasteiger partial charge on any atom is 0.165 e. The van der Waals surface area contributed by atoms with Crippen LogP contribution in [0.25, 0.3) is 0 Å². The zero-order valence-electron chi connectivity index (χ0n) is 8.99. The van der Waals surface area contributed by atoms with Crippen molar-refractivity contribution in [1.29, 1.82) is 0 Å². The monoisotopic (exact) mass is 235 g/mol. The van der Waals surface area contributed by atoms with E-state index in [9.17, 15) is 8.78 Å². The second-order valence-electron chi connectivity index (χ2n) is 3.54. The molecule has 0 fully saturated rings. The molecule has 0 bridgehead atoms. The zero-order valence-corrected chi connectivity index (χ0v) is 8.99. The quantitative estimate of drug-likeness (QED) is 0.829. The van der Waals surface area contributed by atoms with Crippen LogP contribution in [0.4, 0.5) is 14.5 Å². The van der Waals surface area contributed by atoms with E-state index in [0.717, 1.165) is 0 Å². The lowest BCUT2D eigenvalue weighted by Gasteiger charge is -2.08.